The van der Waals surface area contributed by atoms with Crippen LogP contribution in [0.4, 0.5) is 5.69 Å². The Morgan fingerprint density at radius 3 is 2.78 bits per heavy atom. The summed E-state index contributed by atoms with van der Waals surface area (Å²) in [6.45, 7) is 4.49. The maximum atomic E-state index is 12.2. The average Bonchev–Trinajstić information content (AvgIpc) is 2.76. The maximum absolute atomic E-state index is 12.2. The van der Waals surface area contributed by atoms with Crippen LogP contribution in [0, 0.1) is 11.8 Å². The van der Waals surface area contributed by atoms with Gasteiger partial charge in [0, 0.05) is 6.04 Å². The van der Waals surface area contributed by atoms with Gasteiger partial charge in [-0.15, -0.1) is 11.3 Å². The lowest BCUT2D eigenvalue weighted by atomic mass is 9.78. The molecule has 1 fully saturated rings. The number of nitrogen functional groups attached to an aromatic ring is 1. The Bertz CT molecular complexity index is 414. The van der Waals surface area contributed by atoms with Crippen molar-refractivity contribution in [3.05, 3.63) is 16.3 Å². The molecule has 100 valence electrons. The van der Waals surface area contributed by atoms with Gasteiger partial charge in [-0.2, -0.15) is 0 Å². The topological polar surface area (TPSA) is 55.1 Å². The molecule has 1 aliphatic carbocycles. The molecule has 2 unspecified atom stereocenters. The van der Waals surface area contributed by atoms with Gasteiger partial charge in [-0.3, -0.25) is 4.79 Å². The first-order valence-electron chi connectivity index (χ1n) is 6.73. The molecule has 0 saturated heterocycles. The largest absolute Gasteiger partial charge is 0.397 e. The number of thiophene rings is 1. The average molecular weight is 266 g/mol. The molecule has 0 aromatic carbocycles. The van der Waals surface area contributed by atoms with Gasteiger partial charge in [0.1, 0.15) is 4.88 Å². The van der Waals surface area contributed by atoms with E-state index in [-0.39, 0.29) is 5.91 Å². The number of nitrogens with one attached hydrogen (secondary N) is 1. The lowest BCUT2D eigenvalue weighted by Crippen LogP contribution is -2.43. The van der Waals surface area contributed by atoms with Gasteiger partial charge in [-0.25, -0.2) is 0 Å². The molecule has 3 N–H and O–H groups in total. The van der Waals surface area contributed by atoms with Gasteiger partial charge in [0.15, 0.2) is 0 Å². The molecule has 1 aliphatic rings. The smallest absolute Gasteiger partial charge is 0.263 e. The summed E-state index contributed by atoms with van der Waals surface area (Å²) in [6, 6.07) is 2.10. The quantitative estimate of drug-likeness (QED) is 0.882. The van der Waals surface area contributed by atoms with Crippen LogP contribution in [-0.4, -0.2) is 11.9 Å². The molecule has 2 atom stereocenters. The molecule has 1 heterocycles. The van der Waals surface area contributed by atoms with E-state index >= 15 is 0 Å². The number of amides is 1. The van der Waals surface area contributed by atoms with Crippen LogP contribution in [0.2, 0.25) is 0 Å². The van der Waals surface area contributed by atoms with Crippen molar-refractivity contribution in [3.63, 3.8) is 0 Å². The van der Waals surface area contributed by atoms with Crippen LogP contribution in [-0.2, 0) is 0 Å². The minimum atomic E-state index is 0.0000463. The molecule has 0 spiro atoms. The monoisotopic (exact) mass is 266 g/mol. The van der Waals surface area contributed by atoms with E-state index in [2.05, 4.69) is 19.2 Å². The second-order valence-electron chi connectivity index (χ2n) is 5.48. The van der Waals surface area contributed by atoms with Crippen LogP contribution in [0.5, 0.6) is 0 Å². The third-order valence-electron chi connectivity index (χ3n) is 3.89. The van der Waals surface area contributed by atoms with E-state index < -0.39 is 0 Å². The molecule has 0 aliphatic heterocycles. The van der Waals surface area contributed by atoms with Crippen LogP contribution in [0.25, 0.3) is 0 Å². The van der Waals surface area contributed by atoms with Crippen LogP contribution in [0.3, 0.4) is 0 Å². The van der Waals surface area contributed by atoms with E-state index in [0.29, 0.717) is 28.4 Å². The van der Waals surface area contributed by atoms with Crippen LogP contribution >= 0.6 is 11.3 Å². The molecule has 0 radical (unpaired) electrons. The zero-order valence-corrected chi connectivity index (χ0v) is 11.9. The van der Waals surface area contributed by atoms with Crippen molar-refractivity contribution >= 4 is 22.9 Å². The predicted octanol–water partition coefficient (Wildman–Crippen LogP) is 3.27. The number of carbonyl (C=O) groups excluding carboxylic acids is 1. The van der Waals surface area contributed by atoms with Crippen molar-refractivity contribution in [2.45, 2.75) is 45.6 Å². The number of rotatable bonds is 3. The lowest BCUT2D eigenvalue weighted by Gasteiger charge is -2.34. The standard InChI is InChI=1S/C14H22N2OS/c1-9(2)10-5-3-4-6-12(10)16-14(17)13-11(15)7-8-18-13/h7-10,12H,3-6,15H2,1-2H3,(H,16,17). The van der Waals surface area contributed by atoms with Crippen LogP contribution in [0.1, 0.15) is 49.2 Å². The van der Waals surface area contributed by atoms with E-state index in [4.69, 9.17) is 5.73 Å². The molecule has 18 heavy (non-hydrogen) atoms. The fourth-order valence-corrected chi connectivity index (χ4v) is 3.60. The molecule has 1 amide bonds. The van der Waals surface area contributed by atoms with Crippen molar-refractivity contribution in [2.24, 2.45) is 11.8 Å². The third-order valence-corrected chi connectivity index (χ3v) is 4.82. The highest BCUT2D eigenvalue weighted by Gasteiger charge is 2.29. The van der Waals surface area contributed by atoms with Crippen molar-refractivity contribution < 1.29 is 4.79 Å². The molecular formula is C14H22N2OS. The predicted molar refractivity (Wildman–Crippen MR) is 76.8 cm³/mol. The molecule has 3 nitrogen and oxygen atoms in total. The Hall–Kier alpha value is -1.03. The summed E-state index contributed by atoms with van der Waals surface area (Å²) in [5, 5.41) is 5.05. The van der Waals surface area contributed by atoms with Gasteiger partial charge >= 0.3 is 0 Å². The highest BCUT2D eigenvalue weighted by atomic mass is 32.1. The zero-order valence-electron chi connectivity index (χ0n) is 11.1. The lowest BCUT2D eigenvalue weighted by molar-refractivity contribution is 0.0894. The Labute approximate surface area is 113 Å². The summed E-state index contributed by atoms with van der Waals surface area (Å²) in [5.74, 6) is 1.22. The van der Waals surface area contributed by atoms with Gasteiger partial charge in [0.25, 0.3) is 5.91 Å². The Kier molecular flexibility index (Phi) is 4.27. The number of hydrogen-bond acceptors (Lipinski definition) is 3. The Balaban J connectivity index is 2.03. The summed E-state index contributed by atoms with van der Waals surface area (Å²) < 4.78 is 0. The van der Waals surface area contributed by atoms with E-state index in [1.165, 1.54) is 30.6 Å². The summed E-state index contributed by atoms with van der Waals surface area (Å²) in [5.41, 5.74) is 6.38. The third kappa shape index (κ3) is 2.86. The molecule has 1 saturated carbocycles. The summed E-state index contributed by atoms with van der Waals surface area (Å²) >= 11 is 1.42. The van der Waals surface area contributed by atoms with Gasteiger partial charge in [-0.1, -0.05) is 26.7 Å². The zero-order chi connectivity index (χ0) is 13.1. The van der Waals surface area contributed by atoms with E-state index in [1.807, 2.05) is 5.38 Å². The number of nitrogens with two attached hydrogens (primary N) is 1. The van der Waals surface area contributed by atoms with E-state index in [0.717, 1.165) is 6.42 Å². The summed E-state index contributed by atoms with van der Waals surface area (Å²) in [6.07, 6.45) is 4.83. The van der Waals surface area contributed by atoms with Crippen LogP contribution in [0.15, 0.2) is 11.4 Å². The van der Waals surface area contributed by atoms with Gasteiger partial charge in [-0.05, 0) is 36.1 Å². The van der Waals surface area contributed by atoms with E-state index in [9.17, 15) is 4.79 Å². The Morgan fingerprint density at radius 2 is 2.17 bits per heavy atom. The molecule has 0 bridgehead atoms. The first-order chi connectivity index (χ1) is 8.59. The maximum Gasteiger partial charge on any atom is 0.263 e. The van der Waals surface area contributed by atoms with Gasteiger partial charge < -0.3 is 11.1 Å². The fraction of sp³-hybridized carbons (Fsp3) is 0.643. The molecule has 4 heteroatoms. The Morgan fingerprint density at radius 1 is 1.44 bits per heavy atom. The first-order valence-corrected chi connectivity index (χ1v) is 7.61. The minimum Gasteiger partial charge on any atom is -0.397 e. The number of hydrogen-bond donors (Lipinski definition) is 2. The highest BCUT2D eigenvalue weighted by Crippen LogP contribution is 2.30. The number of carbonyl (C=O) groups is 1. The number of anilines is 1. The first kappa shape index (κ1) is 13.4. The second-order valence-corrected chi connectivity index (χ2v) is 6.39. The highest BCUT2D eigenvalue weighted by molar-refractivity contribution is 7.12. The van der Waals surface area contributed by atoms with E-state index in [1.54, 1.807) is 6.07 Å². The minimum absolute atomic E-state index is 0.0000463. The normalized spacial score (nSPS) is 24.2. The van der Waals surface area contributed by atoms with Crippen molar-refractivity contribution in [3.8, 4) is 0 Å². The molecule has 1 aromatic heterocycles. The van der Waals surface area contributed by atoms with Gasteiger partial charge in [0.05, 0.1) is 5.69 Å². The fourth-order valence-electron chi connectivity index (χ4n) is 2.87. The second kappa shape index (κ2) is 5.74. The van der Waals surface area contributed by atoms with Crippen LogP contribution < -0.4 is 11.1 Å². The summed E-state index contributed by atoms with van der Waals surface area (Å²) in [4.78, 5) is 12.8. The van der Waals surface area contributed by atoms with Crippen molar-refractivity contribution in [1.82, 2.24) is 5.32 Å². The summed E-state index contributed by atoms with van der Waals surface area (Å²) in [7, 11) is 0. The van der Waals surface area contributed by atoms with Gasteiger partial charge in [0.2, 0.25) is 0 Å². The SMILES string of the molecule is CC(C)C1CCCCC1NC(=O)c1sccc1N. The molecular weight excluding hydrogens is 244 g/mol. The van der Waals surface area contributed by atoms with Crippen molar-refractivity contribution in [2.75, 3.05) is 5.73 Å². The van der Waals surface area contributed by atoms with Crippen molar-refractivity contribution in [1.29, 1.82) is 0 Å². The molecule has 2 rings (SSSR count). The molecule has 1 aromatic rings.